The van der Waals surface area contributed by atoms with Crippen molar-refractivity contribution in [1.82, 2.24) is 15.0 Å². The number of rotatable bonds is 4. The third-order valence-corrected chi connectivity index (χ3v) is 8.37. The fraction of sp³-hybridized carbons (Fsp3) is 0.519. The van der Waals surface area contributed by atoms with Gasteiger partial charge >= 0.3 is 0 Å². The second-order valence-electron chi connectivity index (χ2n) is 9.85. The van der Waals surface area contributed by atoms with Gasteiger partial charge in [-0.15, -0.1) is 11.3 Å². The monoisotopic (exact) mass is 467 g/mol. The minimum Gasteiger partial charge on any atom is -0.241 e. The Morgan fingerprint density at radius 2 is 1.28 bits per heavy atom. The van der Waals surface area contributed by atoms with Crippen LogP contribution in [0.5, 0.6) is 0 Å². The van der Waals surface area contributed by atoms with Crippen LogP contribution in [0.15, 0.2) is 18.2 Å². The average molecular weight is 468 g/mol. The highest BCUT2D eigenvalue weighted by molar-refractivity contribution is 7.18. The highest BCUT2D eigenvalue weighted by Gasteiger charge is 2.15. The van der Waals surface area contributed by atoms with Gasteiger partial charge in [-0.3, -0.25) is 0 Å². The predicted molar refractivity (Wildman–Crippen MR) is 143 cm³/mol. The van der Waals surface area contributed by atoms with E-state index in [4.69, 9.17) is 4.98 Å². The van der Waals surface area contributed by atoms with Crippen LogP contribution in [0.2, 0.25) is 0 Å². The Kier molecular flexibility index (Phi) is 7.72. The molecule has 3 nitrogen and oxygen atoms in total. The van der Waals surface area contributed by atoms with Gasteiger partial charge in [0.25, 0.3) is 0 Å². The number of aromatic nitrogens is 3. The van der Waals surface area contributed by atoms with Crippen molar-refractivity contribution in [2.24, 2.45) is 0 Å². The van der Waals surface area contributed by atoms with Gasteiger partial charge < -0.3 is 0 Å². The van der Waals surface area contributed by atoms with E-state index in [0.717, 1.165) is 16.0 Å². The van der Waals surface area contributed by atoms with Crippen LogP contribution in [0.4, 0.5) is 0 Å². The molecule has 1 aromatic carbocycles. The van der Waals surface area contributed by atoms with Crippen LogP contribution in [-0.4, -0.2) is 15.0 Å². The zero-order valence-corrected chi connectivity index (χ0v) is 22.8. The number of hydrogen-bond donors (Lipinski definition) is 0. The summed E-state index contributed by atoms with van der Waals surface area (Å²) in [6.45, 7) is 22.0. The summed E-state index contributed by atoms with van der Waals surface area (Å²) in [6.07, 6.45) is 0. The minimum atomic E-state index is 0.485. The second-order valence-corrected chi connectivity index (χ2v) is 11.9. The normalized spacial score (nSPS) is 11.9. The lowest BCUT2D eigenvalue weighted by Crippen LogP contribution is -1.95. The highest BCUT2D eigenvalue weighted by atomic mass is 32.1. The number of nitrogens with zero attached hydrogens (tertiary/aromatic N) is 3. The molecule has 0 aliphatic heterocycles. The van der Waals surface area contributed by atoms with Crippen LogP contribution in [0.1, 0.15) is 111 Å². The molecule has 0 atom stereocenters. The van der Waals surface area contributed by atoms with Crippen molar-refractivity contribution < 1.29 is 0 Å². The first-order valence-corrected chi connectivity index (χ1v) is 13.3. The molecule has 0 N–H and O–H groups in total. The zero-order chi connectivity index (χ0) is 23.7. The van der Waals surface area contributed by atoms with Gasteiger partial charge in [-0.2, -0.15) is 0 Å². The molecule has 4 rings (SSSR count). The summed E-state index contributed by atoms with van der Waals surface area (Å²) in [5, 5.41) is 2.43. The van der Waals surface area contributed by atoms with Crippen LogP contribution in [0, 0.1) is 13.8 Å². The lowest BCUT2D eigenvalue weighted by Gasteiger charge is -2.12. The highest BCUT2D eigenvalue weighted by Crippen LogP contribution is 2.34. The number of pyridine rings is 1. The van der Waals surface area contributed by atoms with Gasteiger partial charge in [0.05, 0.1) is 20.2 Å². The third kappa shape index (κ3) is 5.20. The lowest BCUT2D eigenvalue weighted by atomic mass is 9.94. The van der Waals surface area contributed by atoms with Gasteiger partial charge in [0.1, 0.15) is 10.3 Å². The van der Waals surface area contributed by atoms with E-state index in [1.54, 1.807) is 11.3 Å². The van der Waals surface area contributed by atoms with E-state index in [2.05, 4.69) is 97.4 Å². The molecule has 0 aliphatic carbocycles. The summed E-state index contributed by atoms with van der Waals surface area (Å²) < 4.78 is 1.35. The van der Waals surface area contributed by atoms with E-state index < -0.39 is 0 Å². The molecule has 0 fully saturated rings. The molecule has 0 saturated carbocycles. The van der Waals surface area contributed by atoms with Crippen LogP contribution in [0.25, 0.3) is 20.6 Å². The largest absolute Gasteiger partial charge is 0.241 e. The molecule has 0 unspecified atom stereocenters. The van der Waals surface area contributed by atoms with Gasteiger partial charge in [0.15, 0.2) is 0 Å². The standard InChI is InChI=1S/C15H21NS.C12H16N2S/c1-8(2)12-7-13-14(11(6)10(12)5)16-15(17-13)9(3)4;1-7(2)9-5-6-10-12(13-9)15-11(14-10)8(3)4/h7-9H,1-6H3;5-8H,1-4H3. The molecule has 0 bridgehead atoms. The number of fused-ring (bicyclic) bond motifs is 2. The van der Waals surface area contributed by atoms with Crippen molar-refractivity contribution in [2.45, 2.75) is 92.9 Å². The van der Waals surface area contributed by atoms with Crippen molar-refractivity contribution in [1.29, 1.82) is 0 Å². The average Bonchev–Trinajstić information content (AvgIpc) is 3.34. The third-order valence-electron chi connectivity index (χ3n) is 5.80. The van der Waals surface area contributed by atoms with Crippen LogP contribution < -0.4 is 0 Å². The van der Waals surface area contributed by atoms with Gasteiger partial charge in [0, 0.05) is 17.5 Å². The van der Waals surface area contributed by atoms with Gasteiger partial charge in [0.2, 0.25) is 0 Å². The molecule has 0 radical (unpaired) electrons. The summed E-state index contributed by atoms with van der Waals surface area (Å²) in [7, 11) is 0. The van der Waals surface area contributed by atoms with Crippen molar-refractivity contribution in [3.05, 3.63) is 50.6 Å². The molecular formula is C27H37N3S2. The number of hydrogen-bond acceptors (Lipinski definition) is 5. The first-order valence-electron chi connectivity index (χ1n) is 11.7. The molecule has 0 amide bonds. The summed E-state index contributed by atoms with van der Waals surface area (Å²) in [5.74, 6) is 2.09. The van der Waals surface area contributed by atoms with Gasteiger partial charge in [-0.25, -0.2) is 15.0 Å². The maximum atomic E-state index is 4.79. The maximum absolute atomic E-state index is 4.79. The Morgan fingerprint density at radius 3 is 1.84 bits per heavy atom. The second kappa shape index (κ2) is 9.96. The van der Waals surface area contributed by atoms with E-state index in [9.17, 15) is 0 Å². The fourth-order valence-corrected chi connectivity index (χ4v) is 5.65. The van der Waals surface area contributed by atoms with Gasteiger partial charge in [-0.05, 0) is 60.6 Å². The topological polar surface area (TPSA) is 38.7 Å². The molecule has 172 valence electrons. The van der Waals surface area contributed by atoms with E-state index in [0.29, 0.717) is 23.7 Å². The Balaban J connectivity index is 0.000000182. The van der Waals surface area contributed by atoms with Crippen molar-refractivity contribution >= 4 is 43.2 Å². The molecule has 0 saturated heterocycles. The van der Waals surface area contributed by atoms with E-state index >= 15 is 0 Å². The van der Waals surface area contributed by atoms with Crippen LogP contribution in [0.3, 0.4) is 0 Å². The summed E-state index contributed by atoms with van der Waals surface area (Å²) >= 11 is 3.56. The molecular weight excluding hydrogens is 430 g/mol. The van der Waals surface area contributed by atoms with Gasteiger partial charge in [-0.1, -0.05) is 66.7 Å². The van der Waals surface area contributed by atoms with Crippen molar-refractivity contribution in [3.63, 3.8) is 0 Å². The Morgan fingerprint density at radius 1 is 0.656 bits per heavy atom. The first kappa shape index (κ1) is 24.8. The molecule has 3 heterocycles. The number of benzene rings is 1. The smallest absolute Gasteiger partial charge is 0.143 e. The van der Waals surface area contributed by atoms with E-state index in [1.165, 1.54) is 36.9 Å². The molecule has 3 aromatic heterocycles. The summed E-state index contributed by atoms with van der Waals surface area (Å²) in [5.41, 5.74) is 7.63. The molecule has 5 heteroatoms. The quantitative estimate of drug-likeness (QED) is 0.300. The lowest BCUT2D eigenvalue weighted by molar-refractivity contribution is 0.830. The zero-order valence-electron chi connectivity index (χ0n) is 21.2. The summed E-state index contributed by atoms with van der Waals surface area (Å²) in [6, 6.07) is 6.50. The minimum absolute atomic E-state index is 0.485. The molecule has 4 aromatic rings. The maximum Gasteiger partial charge on any atom is 0.143 e. The Labute approximate surface area is 201 Å². The van der Waals surface area contributed by atoms with E-state index in [-0.39, 0.29) is 0 Å². The van der Waals surface area contributed by atoms with Crippen LogP contribution in [-0.2, 0) is 0 Å². The van der Waals surface area contributed by atoms with Crippen LogP contribution >= 0.6 is 22.7 Å². The summed E-state index contributed by atoms with van der Waals surface area (Å²) in [4.78, 5) is 15.1. The predicted octanol–water partition coefficient (Wildman–Crippen LogP) is 9.10. The SMILES string of the molecule is CC(C)c1ccc2nc(C(C)C)sc2n1.Cc1c(C(C)C)cc2sc(C(C)C)nc2c1C. The van der Waals surface area contributed by atoms with E-state index in [1.807, 2.05) is 11.3 Å². The van der Waals surface area contributed by atoms with Crippen molar-refractivity contribution in [2.75, 3.05) is 0 Å². The van der Waals surface area contributed by atoms with Crippen molar-refractivity contribution in [3.8, 4) is 0 Å². The fourth-order valence-electron chi connectivity index (χ4n) is 3.62. The Bertz CT molecular complexity index is 1210. The molecule has 32 heavy (non-hydrogen) atoms. The number of aryl methyl sites for hydroxylation is 1. The Hall–Kier alpha value is -1.85. The molecule has 0 aliphatic rings. The first-order chi connectivity index (χ1) is 15.0. The number of thiazole rings is 2. The molecule has 0 spiro atoms.